The molecule has 2 rings (SSSR count). The molecule has 0 saturated heterocycles. The largest absolute Gasteiger partial charge is 0.416 e. The molecular weight excluding hydrogens is 285 g/mol. The van der Waals surface area contributed by atoms with Crippen LogP contribution in [0.3, 0.4) is 0 Å². The standard InChI is InChI=1S/C16H14ClF3/c17-11-14(13-4-2-1-3-5-13)10-12-6-8-15(9-7-12)16(18,19)20/h1-9,14H,10-11H2. The molecule has 0 amide bonds. The van der Waals surface area contributed by atoms with Gasteiger partial charge in [-0.1, -0.05) is 42.5 Å². The monoisotopic (exact) mass is 298 g/mol. The molecule has 0 bridgehead atoms. The van der Waals surface area contributed by atoms with Crippen molar-refractivity contribution < 1.29 is 13.2 Å². The molecule has 106 valence electrons. The first-order valence-corrected chi connectivity index (χ1v) is 6.81. The summed E-state index contributed by atoms with van der Waals surface area (Å²) in [6.07, 6.45) is -3.66. The van der Waals surface area contributed by atoms with Crippen molar-refractivity contribution in [1.82, 2.24) is 0 Å². The van der Waals surface area contributed by atoms with Gasteiger partial charge >= 0.3 is 6.18 Å². The summed E-state index contributed by atoms with van der Waals surface area (Å²) in [7, 11) is 0. The molecule has 4 heteroatoms. The molecule has 0 aliphatic carbocycles. The molecule has 0 heterocycles. The fourth-order valence-electron chi connectivity index (χ4n) is 2.10. The fourth-order valence-corrected chi connectivity index (χ4v) is 2.39. The minimum Gasteiger partial charge on any atom is -0.166 e. The van der Waals surface area contributed by atoms with Crippen molar-refractivity contribution in [2.24, 2.45) is 0 Å². The Morgan fingerprint density at radius 2 is 1.50 bits per heavy atom. The SMILES string of the molecule is FC(F)(F)c1ccc(CC(CCl)c2ccccc2)cc1. The molecule has 0 fully saturated rings. The van der Waals surface area contributed by atoms with Gasteiger partial charge in [0.1, 0.15) is 0 Å². The van der Waals surface area contributed by atoms with Gasteiger partial charge in [-0.2, -0.15) is 13.2 Å². The average Bonchev–Trinajstić information content (AvgIpc) is 2.45. The van der Waals surface area contributed by atoms with Crippen molar-refractivity contribution in [2.45, 2.75) is 18.5 Å². The number of alkyl halides is 4. The maximum Gasteiger partial charge on any atom is 0.416 e. The van der Waals surface area contributed by atoms with Crippen molar-refractivity contribution in [3.63, 3.8) is 0 Å². The molecule has 0 aliphatic rings. The summed E-state index contributed by atoms with van der Waals surface area (Å²) in [5, 5.41) is 0. The van der Waals surface area contributed by atoms with Gasteiger partial charge < -0.3 is 0 Å². The van der Waals surface area contributed by atoms with Gasteiger partial charge in [-0.25, -0.2) is 0 Å². The van der Waals surface area contributed by atoms with E-state index in [9.17, 15) is 13.2 Å². The van der Waals surface area contributed by atoms with Gasteiger partial charge in [0, 0.05) is 11.8 Å². The first-order valence-electron chi connectivity index (χ1n) is 6.27. The van der Waals surface area contributed by atoms with Gasteiger partial charge in [-0.05, 0) is 29.7 Å². The van der Waals surface area contributed by atoms with Crippen LogP contribution in [0.1, 0.15) is 22.6 Å². The average molecular weight is 299 g/mol. The minimum absolute atomic E-state index is 0.106. The highest BCUT2D eigenvalue weighted by molar-refractivity contribution is 6.18. The smallest absolute Gasteiger partial charge is 0.166 e. The molecule has 20 heavy (non-hydrogen) atoms. The predicted octanol–water partition coefficient (Wildman–Crippen LogP) is 5.27. The zero-order chi connectivity index (χ0) is 14.6. The van der Waals surface area contributed by atoms with Crippen molar-refractivity contribution >= 4 is 11.6 Å². The van der Waals surface area contributed by atoms with Crippen LogP contribution in [-0.2, 0) is 12.6 Å². The van der Waals surface area contributed by atoms with Gasteiger partial charge in [-0.3, -0.25) is 0 Å². The molecular formula is C16H14ClF3. The molecule has 0 N–H and O–H groups in total. The lowest BCUT2D eigenvalue weighted by atomic mass is 9.93. The Balaban J connectivity index is 2.13. The number of hydrogen-bond acceptors (Lipinski definition) is 0. The van der Waals surface area contributed by atoms with Crippen molar-refractivity contribution in [1.29, 1.82) is 0 Å². The third-order valence-electron chi connectivity index (χ3n) is 3.22. The number of halogens is 4. The molecule has 0 spiro atoms. The van der Waals surface area contributed by atoms with Gasteiger partial charge in [0.25, 0.3) is 0 Å². The van der Waals surface area contributed by atoms with Gasteiger partial charge in [0.2, 0.25) is 0 Å². The van der Waals surface area contributed by atoms with Crippen LogP contribution in [0, 0.1) is 0 Å². The highest BCUT2D eigenvalue weighted by Crippen LogP contribution is 2.30. The summed E-state index contributed by atoms with van der Waals surface area (Å²) in [5.74, 6) is 0.542. The molecule has 0 aliphatic heterocycles. The Labute approximate surface area is 121 Å². The van der Waals surface area contributed by atoms with Crippen molar-refractivity contribution in [3.8, 4) is 0 Å². The summed E-state index contributed by atoms with van der Waals surface area (Å²) in [5.41, 5.74) is 1.33. The third kappa shape index (κ3) is 3.76. The second-order valence-electron chi connectivity index (χ2n) is 4.66. The van der Waals surface area contributed by atoms with Crippen LogP contribution < -0.4 is 0 Å². The number of rotatable bonds is 4. The maximum atomic E-state index is 12.5. The Hall–Kier alpha value is -1.48. The third-order valence-corrected chi connectivity index (χ3v) is 3.59. The van der Waals surface area contributed by atoms with Crippen molar-refractivity contribution in [3.05, 3.63) is 71.3 Å². The van der Waals surface area contributed by atoms with Crippen LogP contribution >= 0.6 is 11.6 Å². The maximum absolute atomic E-state index is 12.5. The fraction of sp³-hybridized carbons (Fsp3) is 0.250. The molecule has 0 saturated carbocycles. The van der Waals surface area contributed by atoms with E-state index in [1.165, 1.54) is 12.1 Å². The lowest BCUT2D eigenvalue weighted by Crippen LogP contribution is -2.07. The van der Waals surface area contributed by atoms with E-state index < -0.39 is 11.7 Å². The molecule has 0 radical (unpaired) electrons. The first kappa shape index (κ1) is 14.9. The van der Waals surface area contributed by atoms with Gasteiger partial charge in [-0.15, -0.1) is 11.6 Å². The molecule has 2 aromatic carbocycles. The Morgan fingerprint density at radius 1 is 0.900 bits per heavy atom. The summed E-state index contributed by atoms with van der Waals surface area (Å²) >= 11 is 5.98. The van der Waals surface area contributed by atoms with Gasteiger partial charge in [0.05, 0.1) is 5.56 Å². The van der Waals surface area contributed by atoms with Crippen LogP contribution in [-0.4, -0.2) is 5.88 Å². The van der Waals surface area contributed by atoms with E-state index in [0.717, 1.165) is 23.3 Å². The summed E-state index contributed by atoms with van der Waals surface area (Å²) < 4.78 is 37.5. The molecule has 0 nitrogen and oxygen atoms in total. The first-order chi connectivity index (χ1) is 9.50. The normalized spacial score (nSPS) is 13.2. The number of hydrogen-bond donors (Lipinski definition) is 0. The Bertz CT molecular complexity index is 532. The quantitative estimate of drug-likeness (QED) is 0.675. The van der Waals surface area contributed by atoms with Crippen LogP contribution in [0.5, 0.6) is 0 Å². The van der Waals surface area contributed by atoms with E-state index in [0.29, 0.717) is 12.3 Å². The zero-order valence-electron chi connectivity index (χ0n) is 10.7. The van der Waals surface area contributed by atoms with E-state index >= 15 is 0 Å². The predicted molar refractivity (Wildman–Crippen MR) is 75.1 cm³/mol. The minimum atomic E-state index is -4.29. The van der Waals surface area contributed by atoms with E-state index in [4.69, 9.17) is 11.6 Å². The zero-order valence-corrected chi connectivity index (χ0v) is 11.5. The van der Waals surface area contributed by atoms with E-state index in [2.05, 4.69) is 0 Å². The molecule has 2 aromatic rings. The summed E-state index contributed by atoms with van der Waals surface area (Å²) in [6.45, 7) is 0. The highest BCUT2D eigenvalue weighted by Gasteiger charge is 2.29. The van der Waals surface area contributed by atoms with E-state index in [-0.39, 0.29) is 5.92 Å². The second kappa shape index (κ2) is 6.31. The van der Waals surface area contributed by atoms with Crippen LogP contribution in [0.15, 0.2) is 54.6 Å². The topological polar surface area (TPSA) is 0 Å². The van der Waals surface area contributed by atoms with Crippen LogP contribution in [0.4, 0.5) is 13.2 Å². The number of benzene rings is 2. The van der Waals surface area contributed by atoms with Gasteiger partial charge in [0.15, 0.2) is 0 Å². The Kier molecular flexibility index (Phi) is 4.71. The molecule has 0 aromatic heterocycles. The van der Waals surface area contributed by atoms with Crippen molar-refractivity contribution in [2.75, 3.05) is 5.88 Å². The van der Waals surface area contributed by atoms with Crippen LogP contribution in [0.25, 0.3) is 0 Å². The summed E-state index contributed by atoms with van der Waals surface area (Å²) in [6, 6.07) is 15.0. The highest BCUT2D eigenvalue weighted by atomic mass is 35.5. The second-order valence-corrected chi connectivity index (χ2v) is 4.97. The molecule has 1 unspecified atom stereocenters. The van der Waals surface area contributed by atoms with Crippen LogP contribution in [0.2, 0.25) is 0 Å². The lowest BCUT2D eigenvalue weighted by molar-refractivity contribution is -0.137. The Morgan fingerprint density at radius 3 is 2.00 bits per heavy atom. The molecule has 1 atom stereocenters. The van der Waals surface area contributed by atoms with E-state index in [1.807, 2.05) is 30.3 Å². The lowest BCUT2D eigenvalue weighted by Gasteiger charge is -2.15. The summed E-state index contributed by atoms with van der Waals surface area (Å²) in [4.78, 5) is 0. The van der Waals surface area contributed by atoms with E-state index in [1.54, 1.807) is 0 Å².